The van der Waals surface area contributed by atoms with Crippen molar-refractivity contribution in [1.29, 1.82) is 0 Å². The minimum Gasteiger partial charge on any atom is -0.349 e. The predicted molar refractivity (Wildman–Crippen MR) is 127 cm³/mol. The molecule has 2 aromatic carbocycles. The van der Waals surface area contributed by atoms with E-state index in [1.807, 2.05) is 11.0 Å². The molecule has 34 heavy (non-hydrogen) atoms. The Bertz CT molecular complexity index is 1350. The molecule has 6 nitrogen and oxygen atoms in total. The van der Waals surface area contributed by atoms with Crippen molar-refractivity contribution in [3.05, 3.63) is 69.2 Å². The number of halogens is 4. The highest BCUT2D eigenvalue weighted by Crippen LogP contribution is 2.35. The smallest absolute Gasteiger partial charge is 0.349 e. The Labute approximate surface area is 202 Å². The minimum atomic E-state index is -4.52. The number of aliphatic imine (C=N–C) groups is 1. The molecule has 0 bridgehead atoms. The molecule has 0 saturated carbocycles. The molecule has 0 aliphatic carbocycles. The quantitative estimate of drug-likeness (QED) is 0.519. The lowest BCUT2D eigenvalue weighted by molar-refractivity contribution is -0.138. The maximum Gasteiger partial charge on any atom is 0.416 e. The number of nitrogens with two attached hydrogens (primary N) is 1. The summed E-state index contributed by atoms with van der Waals surface area (Å²) in [7, 11) is 0. The number of rotatable bonds is 3. The molecule has 0 spiro atoms. The third-order valence-corrected chi connectivity index (χ3v) is 7.05. The number of hydrogen-bond acceptors (Lipinski definition) is 5. The van der Waals surface area contributed by atoms with Gasteiger partial charge in [-0.05, 0) is 59.7 Å². The zero-order valence-corrected chi connectivity index (χ0v) is 19.3. The van der Waals surface area contributed by atoms with Gasteiger partial charge in [-0.1, -0.05) is 23.7 Å². The third-order valence-electron chi connectivity index (χ3n) is 5.77. The summed E-state index contributed by atoms with van der Waals surface area (Å²) in [5.41, 5.74) is 6.70. The van der Waals surface area contributed by atoms with Crippen LogP contribution in [0.1, 0.15) is 23.1 Å². The van der Waals surface area contributed by atoms with E-state index < -0.39 is 11.7 Å². The Balaban J connectivity index is 1.38. The van der Waals surface area contributed by atoms with E-state index in [1.54, 1.807) is 24.4 Å². The summed E-state index contributed by atoms with van der Waals surface area (Å²) >= 11 is 7.10. The number of carbonyl (C=O) groups is 1. The van der Waals surface area contributed by atoms with Gasteiger partial charge in [-0.25, -0.2) is 0 Å². The van der Waals surface area contributed by atoms with Crippen molar-refractivity contribution in [2.75, 3.05) is 13.1 Å². The number of carbonyl (C=O) groups excluding carboxylic acids is 1. The molecule has 2 aliphatic heterocycles. The van der Waals surface area contributed by atoms with E-state index in [4.69, 9.17) is 17.3 Å². The standard InChI is InChI=1S/C23H19ClF3N5OS/c24-16-3-2-14(18(9-16)23(25,26)27)11-32-19-4-1-13(7-15(19)10-29-32)8-20-21(33)30-22(34-20)31-6-5-17(28)12-31/h1-4,7-10,17H,5-6,11-12,28H2/b20-8-. The van der Waals surface area contributed by atoms with Crippen molar-refractivity contribution in [2.24, 2.45) is 10.7 Å². The second-order valence-corrected chi connectivity index (χ2v) is 9.67. The number of fused-ring (bicyclic) bond motifs is 1. The van der Waals surface area contributed by atoms with E-state index in [0.717, 1.165) is 30.0 Å². The lowest BCUT2D eigenvalue weighted by Crippen LogP contribution is -2.29. The van der Waals surface area contributed by atoms with Crippen LogP contribution in [0.2, 0.25) is 5.02 Å². The number of alkyl halides is 3. The highest BCUT2D eigenvalue weighted by Gasteiger charge is 2.34. The van der Waals surface area contributed by atoms with Crippen molar-refractivity contribution < 1.29 is 18.0 Å². The van der Waals surface area contributed by atoms with Gasteiger partial charge >= 0.3 is 6.18 Å². The van der Waals surface area contributed by atoms with Crippen LogP contribution in [0, 0.1) is 0 Å². The molecule has 2 N–H and O–H groups in total. The summed E-state index contributed by atoms with van der Waals surface area (Å²) < 4.78 is 41.9. The van der Waals surface area contributed by atoms with Crippen LogP contribution >= 0.6 is 23.4 Å². The van der Waals surface area contributed by atoms with Gasteiger partial charge in [0.15, 0.2) is 5.17 Å². The van der Waals surface area contributed by atoms with Gasteiger partial charge in [0.05, 0.1) is 28.7 Å². The first-order valence-electron chi connectivity index (χ1n) is 10.5. The number of nitrogens with zero attached hydrogens (tertiary/aromatic N) is 4. The first-order chi connectivity index (χ1) is 16.2. The molecule has 1 unspecified atom stereocenters. The van der Waals surface area contributed by atoms with Crippen LogP contribution in [0.5, 0.6) is 0 Å². The normalized spacial score (nSPS) is 20.1. The number of benzene rings is 2. The maximum absolute atomic E-state index is 13.5. The number of likely N-dealkylation sites (tertiary alicyclic amines) is 1. The Kier molecular flexibility index (Phi) is 5.91. The predicted octanol–water partition coefficient (Wildman–Crippen LogP) is 4.76. The highest BCUT2D eigenvalue weighted by atomic mass is 35.5. The molecule has 2 aliphatic rings. The molecule has 1 atom stereocenters. The van der Waals surface area contributed by atoms with Crippen molar-refractivity contribution >= 4 is 51.4 Å². The fourth-order valence-corrected chi connectivity index (χ4v) is 5.20. The Morgan fingerprint density at radius 3 is 2.79 bits per heavy atom. The van der Waals surface area contributed by atoms with E-state index >= 15 is 0 Å². The molecule has 3 aromatic rings. The average molecular weight is 506 g/mol. The first-order valence-corrected chi connectivity index (χ1v) is 11.7. The van der Waals surface area contributed by atoms with Gasteiger partial charge in [0.25, 0.3) is 5.91 Å². The Hall–Kier alpha value is -2.82. The fourth-order valence-electron chi connectivity index (χ4n) is 4.08. The lowest BCUT2D eigenvalue weighted by atomic mass is 10.1. The van der Waals surface area contributed by atoms with Crippen LogP contribution in [0.25, 0.3) is 17.0 Å². The van der Waals surface area contributed by atoms with Crippen LogP contribution in [0.3, 0.4) is 0 Å². The molecular weight excluding hydrogens is 487 g/mol. The average Bonchev–Trinajstić information content (AvgIpc) is 3.48. The van der Waals surface area contributed by atoms with E-state index in [-0.39, 0.29) is 29.1 Å². The second kappa shape index (κ2) is 8.75. The van der Waals surface area contributed by atoms with Crippen LogP contribution in [-0.4, -0.2) is 44.9 Å². The molecule has 0 radical (unpaired) electrons. The summed E-state index contributed by atoms with van der Waals surface area (Å²) in [4.78, 5) is 19.1. The molecule has 11 heteroatoms. The summed E-state index contributed by atoms with van der Waals surface area (Å²) in [5.74, 6) is -0.293. The van der Waals surface area contributed by atoms with Gasteiger partial charge in [0.1, 0.15) is 0 Å². The van der Waals surface area contributed by atoms with Gasteiger partial charge in [-0.2, -0.15) is 23.3 Å². The Morgan fingerprint density at radius 2 is 2.06 bits per heavy atom. The monoisotopic (exact) mass is 505 g/mol. The van der Waals surface area contributed by atoms with E-state index in [9.17, 15) is 18.0 Å². The molecule has 1 amide bonds. The minimum absolute atomic E-state index is 0.0260. The summed E-state index contributed by atoms with van der Waals surface area (Å²) in [6, 6.07) is 9.24. The summed E-state index contributed by atoms with van der Waals surface area (Å²) in [5, 5.41) is 5.72. The van der Waals surface area contributed by atoms with Crippen molar-refractivity contribution in [2.45, 2.75) is 25.2 Å². The van der Waals surface area contributed by atoms with Gasteiger partial charge < -0.3 is 10.6 Å². The molecule has 1 fully saturated rings. The highest BCUT2D eigenvalue weighted by molar-refractivity contribution is 8.18. The Morgan fingerprint density at radius 1 is 1.24 bits per heavy atom. The maximum atomic E-state index is 13.5. The van der Waals surface area contributed by atoms with Crippen molar-refractivity contribution in [1.82, 2.24) is 14.7 Å². The largest absolute Gasteiger partial charge is 0.416 e. The number of amides is 1. The van der Waals surface area contributed by atoms with Crippen LogP contribution in [0.4, 0.5) is 13.2 Å². The molecule has 5 rings (SSSR count). The van der Waals surface area contributed by atoms with Crippen LogP contribution < -0.4 is 5.73 Å². The summed E-state index contributed by atoms with van der Waals surface area (Å²) in [6.07, 6.45) is -0.294. The molecule has 1 aromatic heterocycles. The van der Waals surface area contributed by atoms with Gasteiger partial charge in [0, 0.05) is 29.5 Å². The summed E-state index contributed by atoms with van der Waals surface area (Å²) in [6.45, 7) is 1.41. The second-order valence-electron chi connectivity index (χ2n) is 8.22. The van der Waals surface area contributed by atoms with Crippen LogP contribution in [-0.2, 0) is 17.5 Å². The number of amidine groups is 1. The third kappa shape index (κ3) is 4.57. The molecule has 1 saturated heterocycles. The topological polar surface area (TPSA) is 76.5 Å². The van der Waals surface area contributed by atoms with E-state index in [0.29, 0.717) is 22.1 Å². The van der Waals surface area contributed by atoms with Gasteiger partial charge in [-0.15, -0.1) is 0 Å². The van der Waals surface area contributed by atoms with E-state index in [1.165, 1.54) is 28.6 Å². The molecule has 176 valence electrons. The number of aromatic nitrogens is 2. The first kappa shape index (κ1) is 22.9. The fraction of sp³-hybridized carbons (Fsp3) is 0.261. The SMILES string of the molecule is NC1CCN(C2=NC(=O)/C(=C/c3ccc4c(cnn4Cc4ccc(Cl)cc4C(F)(F)F)c3)S2)C1. The van der Waals surface area contributed by atoms with Crippen molar-refractivity contribution in [3.63, 3.8) is 0 Å². The zero-order valence-electron chi connectivity index (χ0n) is 17.7. The lowest BCUT2D eigenvalue weighted by Gasteiger charge is -2.15. The molecule has 3 heterocycles. The molecular formula is C23H19ClF3N5OS. The zero-order chi connectivity index (χ0) is 24.0. The van der Waals surface area contributed by atoms with E-state index in [2.05, 4.69) is 10.1 Å². The number of hydrogen-bond donors (Lipinski definition) is 1. The van der Waals surface area contributed by atoms with Crippen LogP contribution in [0.15, 0.2) is 52.5 Å². The van der Waals surface area contributed by atoms with Crippen molar-refractivity contribution in [3.8, 4) is 0 Å². The van der Waals surface area contributed by atoms with Gasteiger partial charge in [-0.3, -0.25) is 9.48 Å². The number of thioether (sulfide) groups is 1. The van der Waals surface area contributed by atoms with Gasteiger partial charge in [0.2, 0.25) is 0 Å².